The molecule has 1 saturated heterocycles. The standard InChI is InChI=1S/C25H30N4O4S/c1-3-4-5-6-20-7-13-23(14-8-20)34(31,32)29-17-15-28(16-18-29)25(30)22-11-9-21(10-12-22)24-26-19(2)33-27-24/h7-14H,3-6,15-18H2,1-2H3. The van der Waals surface area contributed by atoms with Gasteiger partial charge in [0.15, 0.2) is 0 Å². The summed E-state index contributed by atoms with van der Waals surface area (Å²) < 4.78 is 32.6. The Morgan fingerprint density at radius 3 is 2.24 bits per heavy atom. The summed E-state index contributed by atoms with van der Waals surface area (Å²) in [5.41, 5.74) is 2.46. The number of carbonyl (C=O) groups excluding carboxylic acids is 1. The van der Waals surface area contributed by atoms with Crippen molar-refractivity contribution in [2.75, 3.05) is 26.2 Å². The lowest BCUT2D eigenvalue weighted by atomic mass is 10.1. The zero-order valence-electron chi connectivity index (χ0n) is 19.6. The third kappa shape index (κ3) is 5.37. The van der Waals surface area contributed by atoms with Crippen molar-refractivity contribution in [3.63, 3.8) is 0 Å². The number of hydrogen-bond acceptors (Lipinski definition) is 6. The largest absolute Gasteiger partial charge is 0.339 e. The maximum atomic E-state index is 13.1. The topological polar surface area (TPSA) is 96.6 Å². The molecule has 1 amide bonds. The number of carbonyl (C=O) groups is 1. The van der Waals surface area contributed by atoms with Gasteiger partial charge in [0.25, 0.3) is 5.91 Å². The lowest BCUT2D eigenvalue weighted by molar-refractivity contribution is 0.0698. The molecule has 2 aromatic carbocycles. The van der Waals surface area contributed by atoms with Crippen LogP contribution in [0.3, 0.4) is 0 Å². The van der Waals surface area contributed by atoms with Crippen molar-refractivity contribution >= 4 is 15.9 Å². The Labute approximate surface area is 200 Å². The SMILES string of the molecule is CCCCCc1ccc(S(=O)(=O)N2CCN(C(=O)c3ccc(-c4noc(C)n4)cc3)CC2)cc1. The number of hydrogen-bond donors (Lipinski definition) is 0. The van der Waals surface area contributed by atoms with E-state index >= 15 is 0 Å². The van der Waals surface area contributed by atoms with Gasteiger partial charge in [-0.2, -0.15) is 9.29 Å². The molecular weight excluding hydrogens is 452 g/mol. The lowest BCUT2D eigenvalue weighted by Crippen LogP contribution is -2.50. The highest BCUT2D eigenvalue weighted by molar-refractivity contribution is 7.89. The predicted octanol–water partition coefficient (Wildman–Crippen LogP) is 3.92. The maximum absolute atomic E-state index is 13.1. The molecule has 1 aliphatic rings. The van der Waals surface area contributed by atoms with E-state index in [4.69, 9.17) is 4.52 Å². The predicted molar refractivity (Wildman–Crippen MR) is 129 cm³/mol. The summed E-state index contributed by atoms with van der Waals surface area (Å²) in [5, 5.41) is 3.88. The first-order valence-electron chi connectivity index (χ1n) is 11.7. The minimum atomic E-state index is -3.58. The Bertz CT molecular complexity index is 1210. The monoisotopic (exact) mass is 482 g/mol. The molecule has 0 aliphatic carbocycles. The van der Waals surface area contributed by atoms with Gasteiger partial charge in [0.05, 0.1) is 4.90 Å². The zero-order valence-corrected chi connectivity index (χ0v) is 20.4. The van der Waals surface area contributed by atoms with Crippen LogP contribution < -0.4 is 0 Å². The van der Waals surface area contributed by atoms with Gasteiger partial charge in [-0.05, 0) is 42.7 Å². The van der Waals surface area contributed by atoms with Crippen LogP contribution in [0.25, 0.3) is 11.4 Å². The van der Waals surface area contributed by atoms with Crippen molar-refractivity contribution in [3.8, 4) is 11.4 Å². The van der Waals surface area contributed by atoms with Gasteiger partial charge in [0, 0.05) is 44.2 Å². The van der Waals surface area contributed by atoms with Crippen LogP contribution in [-0.4, -0.2) is 59.8 Å². The van der Waals surface area contributed by atoms with Crippen molar-refractivity contribution in [1.29, 1.82) is 0 Å². The Hall–Kier alpha value is -3.04. The summed E-state index contributed by atoms with van der Waals surface area (Å²) in [6, 6.07) is 14.2. The maximum Gasteiger partial charge on any atom is 0.253 e. The summed E-state index contributed by atoms with van der Waals surface area (Å²) in [7, 11) is -3.58. The third-order valence-electron chi connectivity index (χ3n) is 6.07. The van der Waals surface area contributed by atoms with Crippen molar-refractivity contribution < 1.29 is 17.7 Å². The van der Waals surface area contributed by atoms with Gasteiger partial charge >= 0.3 is 0 Å². The molecule has 0 radical (unpaired) electrons. The fourth-order valence-corrected chi connectivity index (χ4v) is 5.47. The van der Waals surface area contributed by atoms with E-state index in [1.54, 1.807) is 48.2 Å². The molecule has 1 fully saturated rings. The second kappa shape index (κ2) is 10.5. The summed E-state index contributed by atoms with van der Waals surface area (Å²) in [5.74, 6) is 0.833. The molecule has 0 atom stereocenters. The Morgan fingerprint density at radius 2 is 1.65 bits per heavy atom. The van der Waals surface area contributed by atoms with E-state index in [-0.39, 0.29) is 19.0 Å². The fourth-order valence-electron chi connectivity index (χ4n) is 4.05. The number of sulfonamides is 1. The zero-order chi connectivity index (χ0) is 24.1. The molecule has 180 valence electrons. The number of piperazine rings is 1. The third-order valence-corrected chi connectivity index (χ3v) is 7.99. The average Bonchev–Trinajstić information content (AvgIpc) is 3.30. The highest BCUT2D eigenvalue weighted by Crippen LogP contribution is 2.21. The number of nitrogens with zero attached hydrogens (tertiary/aromatic N) is 4. The van der Waals surface area contributed by atoms with Gasteiger partial charge in [-0.3, -0.25) is 4.79 Å². The van der Waals surface area contributed by atoms with Crippen LogP contribution in [-0.2, 0) is 16.4 Å². The molecule has 0 N–H and O–H groups in total. The highest BCUT2D eigenvalue weighted by Gasteiger charge is 2.30. The molecule has 0 bridgehead atoms. The molecule has 1 aromatic heterocycles. The first-order chi connectivity index (χ1) is 16.4. The average molecular weight is 483 g/mol. The van der Waals surface area contributed by atoms with Crippen molar-refractivity contribution in [2.24, 2.45) is 0 Å². The first kappa shape index (κ1) is 24.1. The quantitative estimate of drug-likeness (QED) is 0.452. The fraction of sp³-hybridized carbons (Fsp3) is 0.400. The summed E-state index contributed by atoms with van der Waals surface area (Å²) in [6.07, 6.45) is 4.40. The molecule has 9 heteroatoms. The van der Waals surface area contributed by atoms with Gasteiger partial charge in [0.2, 0.25) is 21.7 Å². The summed E-state index contributed by atoms with van der Waals surface area (Å²) in [6.45, 7) is 5.12. The van der Waals surface area contributed by atoms with E-state index in [2.05, 4.69) is 17.1 Å². The summed E-state index contributed by atoms with van der Waals surface area (Å²) in [4.78, 5) is 19.1. The molecule has 0 saturated carbocycles. The molecule has 3 aromatic rings. The highest BCUT2D eigenvalue weighted by atomic mass is 32.2. The first-order valence-corrected chi connectivity index (χ1v) is 13.1. The molecular formula is C25H30N4O4S. The van der Waals surface area contributed by atoms with Crippen LogP contribution in [0.4, 0.5) is 0 Å². The van der Waals surface area contributed by atoms with E-state index < -0.39 is 10.0 Å². The van der Waals surface area contributed by atoms with Crippen LogP contribution in [0.5, 0.6) is 0 Å². The molecule has 0 unspecified atom stereocenters. The number of amides is 1. The van der Waals surface area contributed by atoms with E-state index in [0.717, 1.165) is 30.4 Å². The summed E-state index contributed by atoms with van der Waals surface area (Å²) >= 11 is 0. The molecule has 1 aliphatic heterocycles. The van der Waals surface area contributed by atoms with Crippen LogP contribution in [0, 0.1) is 6.92 Å². The van der Waals surface area contributed by atoms with Crippen LogP contribution >= 0.6 is 0 Å². The van der Waals surface area contributed by atoms with Crippen molar-refractivity contribution in [1.82, 2.24) is 19.3 Å². The normalized spacial score (nSPS) is 14.9. The Kier molecular flexibility index (Phi) is 7.43. The van der Waals surface area contributed by atoms with Gasteiger partial charge in [-0.25, -0.2) is 8.42 Å². The molecule has 0 spiro atoms. The van der Waals surface area contributed by atoms with Crippen molar-refractivity contribution in [3.05, 3.63) is 65.5 Å². The Morgan fingerprint density at radius 1 is 0.971 bits per heavy atom. The number of aromatic nitrogens is 2. The minimum absolute atomic E-state index is 0.121. The van der Waals surface area contributed by atoms with Crippen LogP contribution in [0.2, 0.25) is 0 Å². The second-order valence-electron chi connectivity index (χ2n) is 8.51. The van der Waals surface area contributed by atoms with E-state index in [9.17, 15) is 13.2 Å². The van der Waals surface area contributed by atoms with Gasteiger partial charge in [-0.15, -0.1) is 0 Å². The lowest BCUT2D eigenvalue weighted by Gasteiger charge is -2.34. The molecule has 8 nitrogen and oxygen atoms in total. The number of benzene rings is 2. The van der Waals surface area contributed by atoms with E-state index in [1.165, 1.54) is 10.7 Å². The van der Waals surface area contributed by atoms with E-state index in [0.29, 0.717) is 35.3 Å². The Balaban J connectivity index is 1.35. The molecule has 2 heterocycles. The van der Waals surface area contributed by atoms with Crippen LogP contribution in [0.15, 0.2) is 57.9 Å². The molecule has 34 heavy (non-hydrogen) atoms. The van der Waals surface area contributed by atoms with Crippen LogP contribution in [0.1, 0.15) is 48.0 Å². The smallest absolute Gasteiger partial charge is 0.253 e. The number of unbranched alkanes of at least 4 members (excludes halogenated alkanes) is 2. The van der Waals surface area contributed by atoms with Gasteiger partial charge in [-0.1, -0.05) is 49.2 Å². The number of rotatable bonds is 8. The van der Waals surface area contributed by atoms with Gasteiger partial charge in [0.1, 0.15) is 0 Å². The van der Waals surface area contributed by atoms with Crippen molar-refractivity contribution in [2.45, 2.75) is 44.4 Å². The minimum Gasteiger partial charge on any atom is -0.339 e. The molecule has 4 rings (SSSR count). The number of aryl methyl sites for hydroxylation is 2. The second-order valence-corrected chi connectivity index (χ2v) is 10.4. The van der Waals surface area contributed by atoms with E-state index in [1.807, 2.05) is 12.1 Å². The van der Waals surface area contributed by atoms with Gasteiger partial charge < -0.3 is 9.42 Å².